The van der Waals surface area contributed by atoms with Crippen LogP contribution in [0.25, 0.3) is 11.0 Å². The van der Waals surface area contributed by atoms with Crippen molar-refractivity contribution in [2.75, 3.05) is 0 Å². The first-order valence-corrected chi connectivity index (χ1v) is 4.57. The molecule has 12 heavy (non-hydrogen) atoms. The van der Waals surface area contributed by atoms with Crippen molar-refractivity contribution in [1.29, 1.82) is 0 Å². The van der Waals surface area contributed by atoms with Gasteiger partial charge in [-0.05, 0) is 35.0 Å². The van der Waals surface area contributed by atoms with Gasteiger partial charge in [0.2, 0.25) is 0 Å². The van der Waals surface area contributed by atoms with Crippen LogP contribution in [-0.4, -0.2) is 9.55 Å². The topological polar surface area (TPSA) is 17.8 Å². The van der Waals surface area contributed by atoms with E-state index in [9.17, 15) is 0 Å². The van der Waals surface area contributed by atoms with Gasteiger partial charge in [0.15, 0.2) is 0 Å². The molecule has 0 aliphatic rings. The Morgan fingerprint density at radius 1 is 1.42 bits per heavy atom. The van der Waals surface area contributed by atoms with E-state index in [0.29, 0.717) is 0 Å². The number of aryl methyl sites for hydroxylation is 2. The zero-order valence-electron chi connectivity index (χ0n) is 7.00. The van der Waals surface area contributed by atoms with Gasteiger partial charge in [0.05, 0.1) is 11.0 Å². The van der Waals surface area contributed by atoms with Crippen LogP contribution < -0.4 is 0 Å². The molecule has 0 radical (unpaired) electrons. The lowest BCUT2D eigenvalue weighted by Gasteiger charge is -1.97. The number of rotatable bonds is 0. The maximum Gasteiger partial charge on any atom is 0.106 e. The Kier molecular flexibility index (Phi) is 1.68. The molecule has 2 nitrogen and oxygen atoms in total. The minimum atomic E-state index is 1.04. The van der Waals surface area contributed by atoms with Gasteiger partial charge in [-0.15, -0.1) is 0 Å². The second-order valence-corrected chi connectivity index (χ2v) is 3.68. The van der Waals surface area contributed by atoms with Crippen molar-refractivity contribution in [3.63, 3.8) is 0 Å². The average Bonchev–Trinajstić information content (AvgIpc) is 2.29. The number of fused-ring (bicyclic) bond motifs is 1. The number of hydrogen-bond donors (Lipinski definition) is 0. The standard InChI is InChI=1S/C9H9BrN2/c1-6-11-8-5-3-4-7(10)9(8)12(6)2/h3-5H,1-2H3. The lowest BCUT2D eigenvalue weighted by Crippen LogP contribution is -1.90. The van der Waals surface area contributed by atoms with Crippen LogP contribution in [0.15, 0.2) is 22.7 Å². The third-order valence-corrected chi connectivity index (χ3v) is 2.71. The molecule has 2 rings (SSSR count). The molecule has 0 amide bonds. The summed E-state index contributed by atoms with van der Waals surface area (Å²) < 4.78 is 3.18. The number of aromatic nitrogens is 2. The first-order chi connectivity index (χ1) is 5.70. The molecule has 0 atom stereocenters. The summed E-state index contributed by atoms with van der Waals surface area (Å²) in [6, 6.07) is 6.05. The van der Waals surface area contributed by atoms with E-state index in [-0.39, 0.29) is 0 Å². The van der Waals surface area contributed by atoms with Crippen LogP contribution in [0, 0.1) is 6.92 Å². The third-order valence-electron chi connectivity index (χ3n) is 2.07. The molecule has 0 saturated carbocycles. The number of nitrogens with zero attached hydrogens (tertiary/aromatic N) is 2. The number of hydrogen-bond acceptors (Lipinski definition) is 1. The predicted octanol–water partition coefficient (Wildman–Crippen LogP) is 2.64. The highest BCUT2D eigenvalue weighted by Crippen LogP contribution is 2.23. The summed E-state index contributed by atoms with van der Waals surface area (Å²) in [4.78, 5) is 4.41. The van der Waals surface area contributed by atoms with Crippen LogP contribution >= 0.6 is 15.9 Å². The molecule has 62 valence electrons. The van der Waals surface area contributed by atoms with Crippen molar-refractivity contribution in [3.8, 4) is 0 Å². The minimum Gasteiger partial charge on any atom is -0.330 e. The van der Waals surface area contributed by atoms with Crippen molar-refractivity contribution in [2.24, 2.45) is 7.05 Å². The van der Waals surface area contributed by atoms with Crippen molar-refractivity contribution in [1.82, 2.24) is 9.55 Å². The van der Waals surface area contributed by atoms with Gasteiger partial charge in [0, 0.05) is 11.5 Å². The molecule has 0 spiro atoms. The smallest absolute Gasteiger partial charge is 0.106 e. The number of benzene rings is 1. The lowest BCUT2D eigenvalue weighted by molar-refractivity contribution is 0.884. The normalized spacial score (nSPS) is 10.9. The molecule has 0 saturated heterocycles. The van der Waals surface area contributed by atoms with Gasteiger partial charge in [-0.3, -0.25) is 0 Å². The Balaban J connectivity index is 2.97. The van der Waals surface area contributed by atoms with Crippen LogP contribution in [0.3, 0.4) is 0 Å². The zero-order chi connectivity index (χ0) is 8.72. The Bertz CT molecular complexity index is 431. The molecule has 0 unspecified atom stereocenters. The Morgan fingerprint density at radius 2 is 2.17 bits per heavy atom. The fourth-order valence-corrected chi connectivity index (χ4v) is 1.96. The van der Waals surface area contributed by atoms with Gasteiger partial charge in [0.25, 0.3) is 0 Å². The van der Waals surface area contributed by atoms with Gasteiger partial charge in [0.1, 0.15) is 5.82 Å². The van der Waals surface area contributed by atoms with Crippen molar-refractivity contribution in [2.45, 2.75) is 6.92 Å². The quantitative estimate of drug-likeness (QED) is 0.673. The first-order valence-electron chi connectivity index (χ1n) is 3.77. The third kappa shape index (κ3) is 0.966. The SMILES string of the molecule is Cc1nc2cccc(Br)c2n1C. The Morgan fingerprint density at radius 3 is 2.83 bits per heavy atom. The molecular weight excluding hydrogens is 216 g/mol. The highest BCUT2D eigenvalue weighted by Gasteiger charge is 2.05. The van der Waals surface area contributed by atoms with Gasteiger partial charge < -0.3 is 4.57 Å². The summed E-state index contributed by atoms with van der Waals surface area (Å²) in [6.45, 7) is 2.01. The molecular formula is C9H9BrN2. The number of halogens is 1. The summed E-state index contributed by atoms with van der Waals surface area (Å²) in [6.07, 6.45) is 0. The molecule has 0 bridgehead atoms. The first kappa shape index (κ1) is 7.80. The molecule has 3 heteroatoms. The second kappa shape index (κ2) is 2.59. The highest BCUT2D eigenvalue weighted by molar-refractivity contribution is 9.10. The van der Waals surface area contributed by atoms with E-state index in [1.54, 1.807) is 0 Å². The van der Waals surface area contributed by atoms with Crippen LogP contribution in [0.5, 0.6) is 0 Å². The highest BCUT2D eigenvalue weighted by atomic mass is 79.9. The van der Waals surface area contributed by atoms with Gasteiger partial charge in [-0.2, -0.15) is 0 Å². The van der Waals surface area contributed by atoms with Crippen molar-refractivity contribution >= 4 is 27.0 Å². The minimum absolute atomic E-state index is 1.04. The number of para-hydroxylation sites is 1. The monoisotopic (exact) mass is 224 g/mol. The Hall–Kier alpha value is -0.830. The summed E-state index contributed by atoms with van der Waals surface area (Å²) in [7, 11) is 2.02. The molecule has 1 aromatic heterocycles. The van der Waals surface area contributed by atoms with E-state index >= 15 is 0 Å². The molecule has 2 aromatic rings. The molecule has 0 N–H and O–H groups in total. The van der Waals surface area contributed by atoms with E-state index in [4.69, 9.17) is 0 Å². The summed E-state index contributed by atoms with van der Waals surface area (Å²) >= 11 is 3.50. The van der Waals surface area contributed by atoms with Crippen LogP contribution in [-0.2, 0) is 7.05 Å². The fraction of sp³-hybridized carbons (Fsp3) is 0.222. The maximum absolute atomic E-state index is 4.41. The van der Waals surface area contributed by atoms with Gasteiger partial charge >= 0.3 is 0 Å². The molecule has 0 aliphatic heterocycles. The zero-order valence-corrected chi connectivity index (χ0v) is 8.59. The summed E-state index contributed by atoms with van der Waals surface area (Å²) in [5.41, 5.74) is 2.21. The van der Waals surface area contributed by atoms with E-state index in [1.165, 1.54) is 0 Å². The average molecular weight is 225 g/mol. The van der Waals surface area contributed by atoms with Crippen molar-refractivity contribution < 1.29 is 0 Å². The van der Waals surface area contributed by atoms with Crippen LogP contribution in [0.4, 0.5) is 0 Å². The summed E-state index contributed by atoms with van der Waals surface area (Å²) in [5, 5.41) is 0. The molecule has 1 aromatic carbocycles. The maximum atomic E-state index is 4.41. The van der Waals surface area contributed by atoms with E-state index in [2.05, 4.69) is 25.5 Å². The lowest BCUT2D eigenvalue weighted by atomic mass is 10.3. The molecule has 0 fully saturated rings. The predicted molar refractivity (Wildman–Crippen MR) is 53.2 cm³/mol. The van der Waals surface area contributed by atoms with Crippen molar-refractivity contribution in [3.05, 3.63) is 28.5 Å². The Labute approximate surface area is 79.3 Å². The van der Waals surface area contributed by atoms with E-state index < -0.39 is 0 Å². The van der Waals surface area contributed by atoms with Gasteiger partial charge in [-0.25, -0.2) is 4.98 Å². The van der Waals surface area contributed by atoms with Crippen LogP contribution in [0.1, 0.15) is 5.82 Å². The molecule has 1 heterocycles. The van der Waals surface area contributed by atoms with Crippen LogP contribution in [0.2, 0.25) is 0 Å². The molecule has 0 aliphatic carbocycles. The largest absolute Gasteiger partial charge is 0.330 e. The van der Waals surface area contributed by atoms with E-state index in [0.717, 1.165) is 21.3 Å². The second-order valence-electron chi connectivity index (χ2n) is 2.83. The number of imidazole rings is 1. The fourth-order valence-electron chi connectivity index (χ4n) is 1.34. The van der Waals surface area contributed by atoms with E-state index in [1.807, 2.05) is 32.2 Å². The summed E-state index contributed by atoms with van der Waals surface area (Å²) in [5.74, 6) is 1.04. The van der Waals surface area contributed by atoms with Gasteiger partial charge in [-0.1, -0.05) is 6.07 Å².